The molecule has 0 aromatic rings. The molecular formula is C7H11B. The van der Waals surface area contributed by atoms with Gasteiger partial charge in [0.1, 0.15) is 7.85 Å². The van der Waals surface area contributed by atoms with Gasteiger partial charge in [-0.2, -0.15) is 0 Å². The lowest BCUT2D eigenvalue weighted by Crippen LogP contribution is -1.90. The zero-order valence-electron chi connectivity index (χ0n) is 5.52. The fourth-order valence-corrected chi connectivity index (χ4v) is 1.04. The Morgan fingerprint density at radius 1 is 1.75 bits per heavy atom. The lowest BCUT2D eigenvalue weighted by Gasteiger charge is -2.07. The minimum absolute atomic E-state index is 0.764. The largest absolute Gasteiger partial charge is 0.110 e. The quantitative estimate of drug-likeness (QED) is 0.408. The molecule has 0 amide bonds. The monoisotopic (exact) mass is 106 g/mol. The molecule has 0 saturated carbocycles. The van der Waals surface area contributed by atoms with E-state index in [4.69, 9.17) is 0 Å². The van der Waals surface area contributed by atoms with Crippen LogP contribution >= 0.6 is 0 Å². The first-order valence-corrected chi connectivity index (χ1v) is 3.14. The predicted molar refractivity (Wildman–Crippen MR) is 39.8 cm³/mol. The van der Waals surface area contributed by atoms with Gasteiger partial charge in [0.25, 0.3) is 0 Å². The van der Waals surface area contributed by atoms with Crippen molar-refractivity contribution < 1.29 is 0 Å². The molecule has 1 atom stereocenters. The normalized spacial score (nSPS) is 27.6. The van der Waals surface area contributed by atoms with E-state index in [0.717, 1.165) is 5.82 Å². The van der Waals surface area contributed by atoms with E-state index < -0.39 is 0 Å². The molecule has 0 spiro atoms. The Morgan fingerprint density at radius 3 is 2.88 bits per heavy atom. The number of hydrogen-bond donors (Lipinski definition) is 0. The van der Waals surface area contributed by atoms with Crippen molar-refractivity contribution in [3.8, 4) is 0 Å². The van der Waals surface area contributed by atoms with Crippen molar-refractivity contribution in [3.63, 3.8) is 0 Å². The zero-order chi connectivity index (χ0) is 5.98. The number of hydrogen-bond acceptors (Lipinski definition) is 0. The van der Waals surface area contributed by atoms with Crippen LogP contribution in [0.15, 0.2) is 23.8 Å². The third-order valence-electron chi connectivity index (χ3n) is 1.44. The van der Waals surface area contributed by atoms with Crippen LogP contribution in [0.2, 0.25) is 5.82 Å². The molecule has 0 fully saturated rings. The van der Waals surface area contributed by atoms with Gasteiger partial charge in [-0.05, 0) is 19.2 Å². The van der Waals surface area contributed by atoms with Crippen LogP contribution in [0.25, 0.3) is 0 Å². The maximum atomic E-state index is 2.31. The van der Waals surface area contributed by atoms with Gasteiger partial charge in [-0.1, -0.05) is 23.8 Å². The van der Waals surface area contributed by atoms with Gasteiger partial charge >= 0.3 is 0 Å². The van der Waals surface area contributed by atoms with Crippen LogP contribution in [0.4, 0.5) is 0 Å². The first kappa shape index (κ1) is 5.68. The molecule has 0 radical (unpaired) electrons. The molecule has 0 saturated heterocycles. The lowest BCUT2D eigenvalue weighted by molar-refractivity contribution is 1.01. The average molecular weight is 106 g/mol. The number of allylic oxidation sites excluding steroid dienone is 4. The topological polar surface area (TPSA) is 0 Å². The number of rotatable bonds is 0. The molecule has 1 unspecified atom stereocenters. The molecule has 1 aliphatic rings. The highest BCUT2D eigenvalue weighted by Crippen LogP contribution is 2.17. The van der Waals surface area contributed by atoms with Crippen molar-refractivity contribution >= 4 is 7.85 Å². The molecule has 1 aliphatic carbocycles. The Labute approximate surface area is 51.7 Å². The Balaban J connectivity index is 2.63. The minimum Gasteiger partial charge on any atom is -0.0862 e. The summed E-state index contributed by atoms with van der Waals surface area (Å²) in [5.74, 6) is 0.764. The average Bonchev–Trinajstić information content (AvgIpc) is 1.64. The summed E-state index contributed by atoms with van der Waals surface area (Å²) in [5.41, 5.74) is 1.41. The van der Waals surface area contributed by atoms with Crippen LogP contribution in [0.3, 0.4) is 0 Å². The smallest absolute Gasteiger partial charge is 0.0862 e. The molecule has 0 aromatic heterocycles. The highest BCUT2D eigenvalue weighted by molar-refractivity contribution is 6.13. The molecule has 0 aliphatic heterocycles. The Bertz CT molecular complexity index is 133. The van der Waals surface area contributed by atoms with E-state index in [1.165, 1.54) is 12.0 Å². The Morgan fingerprint density at radius 2 is 2.50 bits per heavy atom. The van der Waals surface area contributed by atoms with Gasteiger partial charge in [-0.25, -0.2) is 0 Å². The summed E-state index contributed by atoms with van der Waals surface area (Å²) in [6, 6.07) is 0. The Hall–Kier alpha value is -0.455. The second-order valence-corrected chi connectivity index (χ2v) is 2.53. The van der Waals surface area contributed by atoms with Gasteiger partial charge in [0.05, 0.1) is 0 Å². The summed E-state index contributed by atoms with van der Waals surface area (Å²) in [7, 11) is 2.24. The van der Waals surface area contributed by atoms with E-state index in [0.29, 0.717) is 0 Å². The van der Waals surface area contributed by atoms with E-state index in [2.05, 4.69) is 33.0 Å². The van der Waals surface area contributed by atoms with Crippen LogP contribution < -0.4 is 0 Å². The van der Waals surface area contributed by atoms with Gasteiger partial charge in [0.15, 0.2) is 0 Å². The van der Waals surface area contributed by atoms with Crippen LogP contribution in [0, 0.1) is 0 Å². The van der Waals surface area contributed by atoms with E-state index >= 15 is 0 Å². The van der Waals surface area contributed by atoms with Gasteiger partial charge in [-0.3, -0.25) is 0 Å². The maximum Gasteiger partial charge on any atom is 0.110 e. The van der Waals surface area contributed by atoms with E-state index in [9.17, 15) is 0 Å². The summed E-state index contributed by atoms with van der Waals surface area (Å²) >= 11 is 0. The first-order valence-electron chi connectivity index (χ1n) is 3.14. The molecule has 42 valence electrons. The SMILES string of the molecule is BC1C=C(C)C=CC1. The van der Waals surface area contributed by atoms with Crippen LogP contribution in [-0.2, 0) is 0 Å². The fourth-order valence-electron chi connectivity index (χ4n) is 1.04. The summed E-state index contributed by atoms with van der Waals surface area (Å²) in [6.07, 6.45) is 7.94. The second kappa shape index (κ2) is 2.21. The first-order chi connectivity index (χ1) is 3.79. The van der Waals surface area contributed by atoms with Gasteiger partial charge in [0, 0.05) is 0 Å². The van der Waals surface area contributed by atoms with Crippen molar-refractivity contribution in [2.24, 2.45) is 0 Å². The fraction of sp³-hybridized carbons (Fsp3) is 0.429. The Kier molecular flexibility index (Phi) is 1.57. The minimum atomic E-state index is 0.764. The van der Waals surface area contributed by atoms with Crippen molar-refractivity contribution in [2.75, 3.05) is 0 Å². The molecule has 0 N–H and O–H groups in total. The summed E-state index contributed by atoms with van der Waals surface area (Å²) in [4.78, 5) is 0. The zero-order valence-corrected chi connectivity index (χ0v) is 5.52. The van der Waals surface area contributed by atoms with E-state index in [1.807, 2.05) is 0 Å². The van der Waals surface area contributed by atoms with Crippen LogP contribution in [0.1, 0.15) is 13.3 Å². The van der Waals surface area contributed by atoms with E-state index in [-0.39, 0.29) is 0 Å². The van der Waals surface area contributed by atoms with Crippen molar-refractivity contribution in [3.05, 3.63) is 23.8 Å². The van der Waals surface area contributed by atoms with Crippen LogP contribution in [0.5, 0.6) is 0 Å². The molecule has 1 rings (SSSR count). The lowest BCUT2D eigenvalue weighted by atomic mass is 9.81. The van der Waals surface area contributed by atoms with Crippen molar-refractivity contribution in [2.45, 2.75) is 19.2 Å². The molecule has 0 aromatic carbocycles. The molecule has 0 heterocycles. The van der Waals surface area contributed by atoms with Gasteiger partial charge in [-0.15, -0.1) is 0 Å². The molecule has 0 nitrogen and oxygen atoms in total. The molecule has 0 bridgehead atoms. The van der Waals surface area contributed by atoms with Gasteiger partial charge < -0.3 is 0 Å². The molecular weight excluding hydrogens is 94.9 g/mol. The van der Waals surface area contributed by atoms with Crippen molar-refractivity contribution in [1.82, 2.24) is 0 Å². The highest BCUT2D eigenvalue weighted by atomic mass is 14.0. The van der Waals surface area contributed by atoms with E-state index in [1.54, 1.807) is 0 Å². The third-order valence-corrected chi connectivity index (χ3v) is 1.44. The second-order valence-electron chi connectivity index (χ2n) is 2.53. The standard InChI is InChI=1S/C7H11B/c1-6-3-2-4-7(8)5-6/h2-3,5,7H,4,8H2,1H3. The van der Waals surface area contributed by atoms with Crippen LogP contribution in [-0.4, -0.2) is 7.85 Å². The third kappa shape index (κ3) is 1.26. The van der Waals surface area contributed by atoms with Gasteiger partial charge in [0.2, 0.25) is 0 Å². The maximum absolute atomic E-state index is 2.31. The summed E-state index contributed by atoms with van der Waals surface area (Å²) in [5, 5.41) is 0. The molecule has 1 heteroatoms. The predicted octanol–water partition coefficient (Wildman–Crippen LogP) is 1.31. The molecule has 8 heavy (non-hydrogen) atoms. The summed E-state index contributed by atoms with van der Waals surface area (Å²) < 4.78 is 0. The highest BCUT2D eigenvalue weighted by Gasteiger charge is 1.98. The van der Waals surface area contributed by atoms with Crippen molar-refractivity contribution in [1.29, 1.82) is 0 Å². The summed E-state index contributed by atoms with van der Waals surface area (Å²) in [6.45, 7) is 2.14.